The zero-order valence-electron chi connectivity index (χ0n) is 23.5. The van der Waals surface area contributed by atoms with E-state index in [-0.39, 0.29) is 0 Å². The Morgan fingerprint density at radius 2 is 1.00 bits per heavy atom. The summed E-state index contributed by atoms with van der Waals surface area (Å²) in [6.45, 7) is 0. The predicted molar refractivity (Wildman–Crippen MR) is 177 cm³/mol. The van der Waals surface area contributed by atoms with Crippen molar-refractivity contribution in [3.05, 3.63) is 146 Å². The Kier molecular flexibility index (Phi) is 5.40. The van der Waals surface area contributed by atoms with Crippen molar-refractivity contribution in [3.8, 4) is 33.9 Å². The summed E-state index contributed by atoms with van der Waals surface area (Å²) in [6.07, 6.45) is 5.70. The number of nitrogens with zero attached hydrogens (tertiary/aromatic N) is 6. The first-order valence-corrected chi connectivity index (χ1v) is 14.6. The predicted octanol–water partition coefficient (Wildman–Crippen LogP) is 8.79. The highest BCUT2D eigenvalue weighted by molar-refractivity contribution is 6.15. The number of fused-ring (bicyclic) bond motifs is 6. The summed E-state index contributed by atoms with van der Waals surface area (Å²) in [5, 5.41) is 3.21. The highest BCUT2D eigenvalue weighted by atomic mass is 15.1. The Morgan fingerprint density at radius 1 is 0.432 bits per heavy atom. The Morgan fingerprint density at radius 3 is 1.64 bits per heavy atom. The van der Waals surface area contributed by atoms with Crippen LogP contribution in [0.1, 0.15) is 0 Å². The van der Waals surface area contributed by atoms with Gasteiger partial charge < -0.3 is 0 Å². The van der Waals surface area contributed by atoms with Crippen LogP contribution in [0.5, 0.6) is 0 Å². The van der Waals surface area contributed by atoms with Crippen LogP contribution in [0.3, 0.4) is 0 Å². The third kappa shape index (κ3) is 3.75. The number of rotatable bonds is 4. The fraction of sp³-hybridized carbons (Fsp3) is 0. The molecular weight excluding hydrogens is 540 g/mol. The average molecular weight is 565 g/mol. The molecular formula is C38H24N6. The minimum absolute atomic E-state index is 0.832. The largest absolute Gasteiger partial charge is 0.292 e. The van der Waals surface area contributed by atoms with E-state index in [4.69, 9.17) is 19.9 Å². The number of hydrogen-bond acceptors (Lipinski definition) is 4. The highest BCUT2D eigenvalue weighted by Gasteiger charge is 2.20. The normalized spacial score (nSPS) is 11.6. The van der Waals surface area contributed by atoms with Gasteiger partial charge in [-0.1, -0.05) is 78.9 Å². The van der Waals surface area contributed by atoms with Crippen molar-refractivity contribution in [3.63, 3.8) is 0 Å². The smallest absolute Gasteiger partial charge is 0.149 e. The molecule has 0 aliphatic rings. The lowest BCUT2D eigenvalue weighted by Crippen LogP contribution is -2.00. The molecule has 0 unspecified atom stereocenters. The molecule has 6 aromatic heterocycles. The molecule has 0 spiro atoms. The SMILES string of the molecule is c1ccc(-c2ccc(-n3c4ccccc4c4cc5c6ncccc6n(-c6ccc(-c7ccccc7)nc6)c5nc43)cn2)cc1. The summed E-state index contributed by atoms with van der Waals surface area (Å²) in [4.78, 5) is 19.9. The third-order valence-corrected chi connectivity index (χ3v) is 8.27. The molecule has 6 nitrogen and oxygen atoms in total. The number of benzene rings is 3. The van der Waals surface area contributed by atoms with Crippen molar-refractivity contribution in [2.75, 3.05) is 0 Å². The molecule has 0 aliphatic heterocycles. The minimum Gasteiger partial charge on any atom is -0.292 e. The van der Waals surface area contributed by atoms with Crippen molar-refractivity contribution < 1.29 is 0 Å². The summed E-state index contributed by atoms with van der Waals surface area (Å²) in [5.41, 5.74) is 10.6. The highest BCUT2D eigenvalue weighted by Crippen LogP contribution is 2.37. The fourth-order valence-electron chi connectivity index (χ4n) is 6.24. The van der Waals surface area contributed by atoms with E-state index in [0.717, 1.165) is 77.9 Å². The quantitative estimate of drug-likeness (QED) is 0.214. The van der Waals surface area contributed by atoms with E-state index in [2.05, 4.69) is 94.1 Å². The van der Waals surface area contributed by atoms with Gasteiger partial charge >= 0.3 is 0 Å². The Hall–Kier alpha value is -6.14. The van der Waals surface area contributed by atoms with E-state index < -0.39 is 0 Å². The average Bonchev–Trinajstić information content (AvgIpc) is 3.60. The molecule has 0 amide bonds. The van der Waals surface area contributed by atoms with Crippen molar-refractivity contribution in [2.24, 2.45) is 0 Å². The number of hydrogen-bond donors (Lipinski definition) is 0. The van der Waals surface area contributed by atoms with E-state index in [9.17, 15) is 0 Å². The van der Waals surface area contributed by atoms with Gasteiger partial charge in [0.15, 0.2) is 0 Å². The summed E-state index contributed by atoms with van der Waals surface area (Å²) < 4.78 is 4.37. The molecule has 0 saturated carbocycles. The van der Waals surface area contributed by atoms with Gasteiger partial charge in [0.25, 0.3) is 0 Å². The monoisotopic (exact) mass is 564 g/mol. The van der Waals surface area contributed by atoms with Crippen LogP contribution in [-0.4, -0.2) is 29.1 Å². The standard InChI is InChI=1S/C38H24N6/c1-3-10-25(11-4-1)32-19-17-27(23-40-32)43-34-15-8-7-14-29(34)30-22-31-36-35(16-9-21-39-36)44(38(31)42-37(30)43)28-18-20-33(41-24-28)26-12-5-2-6-13-26/h1-24H. The van der Waals surface area contributed by atoms with Gasteiger partial charge in [-0.3, -0.25) is 24.1 Å². The van der Waals surface area contributed by atoms with Gasteiger partial charge in [-0.05, 0) is 48.5 Å². The van der Waals surface area contributed by atoms with E-state index in [0.29, 0.717) is 0 Å². The van der Waals surface area contributed by atoms with Gasteiger partial charge in [-0.25, -0.2) is 4.98 Å². The first-order valence-electron chi connectivity index (χ1n) is 14.6. The van der Waals surface area contributed by atoms with Crippen LogP contribution in [0.2, 0.25) is 0 Å². The zero-order chi connectivity index (χ0) is 29.0. The lowest BCUT2D eigenvalue weighted by Gasteiger charge is -2.10. The van der Waals surface area contributed by atoms with Crippen molar-refractivity contribution in [2.45, 2.75) is 0 Å². The van der Waals surface area contributed by atoms with Crippen molar-refractivity contribution in [1.82, 2.24) is 29.1 Å². The van der Waals surface area contributed by atoms with Gasteiger partial charge in [0, 0.05) is 33.5 Å². The molecule has 0 saturated heterocycles. The molecule has 3 aromatic carbocycles. The van der Waals surface area contributed by atoms with Crippen LogP contribution in [0, 0.1) is 0 Å². The summed E-state index contributed by atoms with van der Waals surface area (Å²) in [6, 6.07) is 43.6. The summed E-state index contributed by atoms with van der Waals surface area (Å²) >= 11 is 0. The van der Waals surface area contributed by atoms with Gasteiger partial charge in [-0.15, -0.1) is 0 Å². The molecule has 44 heavy (non-hydrogen) atoms. The Bertz CT molecular complexity index is 2290. The molecule has 9 rings (SSSR count). The maximum Gasteiger partial charge on any atom is 0.149 e. The maximum absolute atomic E-state index is 5.40. The van der Waals surface area contributed by atoms with Gasteiger partial charge in [0.1, 0.15) is 11.3 Å². The van der Waals surface area contributed by atoms with Crippen molar-refractivity contribution >= 4 is 44.0 Å². The second-order valence-corrected chi connectivity index (χ2v) is 10.8. The second kappa shape index (κ2) is 9.71. The zero-order valence-corrected chi connectivity index (χ0v) is 23.5. The molecule has 6 heteroatoms. The molecule has 9 aromatic rings. The number of pyridine rings is 4. The topological polar surface area (TPSA) is 61.4 Å². The Labute approximate surface area is 252 Å². The van der Waals surface area contributed by atoms with Gasteiger partial charge in [0.2, 0.25) is 0 Å². The first-order chi connectivity index (χ1) is 21.8. The molecule has 0 bridgehead atoms. The maximum atomic E-state index is 5.40. The summed E-state index contributed by atoms with van der Waals surface area (Å²) in [7, 11) is 0. The Balaban J connectivity index is 1.29. The van der Waals surface area contributed by atoms with E-state index in [1.807, 2.05) is 61.1 Å². The molecule has 0 N–H and O–H groups in total. The van der Waals surface area contributed by atoms with Crippen LogP contribution >= 0.6 is 0 Å². The molecule has 0 radical (unpaired) electrons. The number of para-hydroxylation sites is 1. The number of aromatic nitrogens is 6. The minimum atomic E-state index is 0.832. The molecule has 206 valence electrons. The van der Waals surface area contributed by atoms with E-state index in [1.165, 1.54) is 0 Å². The lowest BCUT2D eigenvalue weighted by atomic mass is 10.1. The van der Waals surface area contributed by atoms with E-state index in [1.54, 1.807) is 0 Å². The van der Waals surface area contributed by atoms with Gasteiger partial charge in [0.05, 0.1) is 51.7 Å². The second-order valence-electron chi connectivity index (χ2n) is 10.8. The van der Waals surface area contributed by atoms with Gasteiger partial charge in [-0.2, -0.15) is 0 Å². The summed E-state index contributed by atoms with van der Waals surface area (Å²) in [5.74, 6) is 0. The third-order valence-electron chi connectivity index (χ3n) is 8.27. The molecule has 0 aliphatic carbocycles. The van der Waals surface area contributed by atoms with E-state index >= 15 is 0 Å². The fourth-order valence-corrected chi connectivity index (χ4v) is 6.24. The lowest BCUT2D eigenvalue weighted by molar-refractivity contribution is 1.09. The van der Waals surface area contributed by atoms with Crippen LogP contribution in [0.4, 0.5) is 0 Å². The molecule has 6 heterocycles. The van der Waals surface area contributed by atoms with Crippen LogP contribution in [-0.2, 0) is 0 Å². The van der Waals surface area contributed by atoms with Crippen molar-refractivity contribution in [1.29, 1.82) is 0 Å². The van der Waals surface area contributed by atoms with Crippen LogP contribution in [0.25, 0.3) is 77.9 Å². The first kappa shape index (κ1) is 24.5. The molecule has 0 atom stereocenters. The van der Waals surface area contributed by atoms with Crippen LogP contribution in [0.15, 0.2) is 146 Å². The van der Waals surface area contributed by atoms with Crippen LogP contribution < -0.4 is 0 Å². The molecule has 0 fully saturated rings.